The summed E-state index contributed by atoms with van der Waals surface area (Å²) in [6, 6.07) is 5.18. The minimum absolute atomic E-state index is 0.233. The molecule has 0 spiro atoms. The molecule has 1 amide bonds. The predicted molar refractivity (Wildman–Crippen MR) is 72.2 cm³/mol. The Morgan fingerprint density at radius 2 is 1.95 bits per heavy atom. The van der Waals surface area contributed by atoms with Crippen LogP contribution in [0.15, 0.2) is 36.7 Å². The predicted octanol–water partition coefficient (Wildman–Crippen LogP) is 3.17. The lowest BCUT2D eigenvalue weighted by Crippen LogP contribution is -2.24. The van der Waals surface area contributed by atoms with Gasteiger partial charge in [-0.25, -0.2) is 8.78 Å². The van der Waals surface area contributed by atoms with Crippen LogP contribution in [0.1, 0.15) is 23.7 Å². The Kier molecular flexibility index (Phi) is 4.40. The molecule has 0 bridgehead atoms. The summed E-state index contributed by atoms with van der Waals surface area (Å²) in [6.45, 7) is 2.53. The number of carbonyl (C=O) groups excluding carboxylic acids is 1. The average Bonchev–Trinajstić information content (AvgIpc) is 2.47. The van der Waals surface area contributed by atoms with E-state index < -0.39 is 11.6 Å². The van der Waals surface area contributed by atoms with Gasteiger partial charge in [0.1, 0.15) is 0 Å². The van der Waals surface area contributed by atoms with E-state index in [1.807, 2.05) is 6.92 Å². The second-order valence-electron chi connectivity index (χ2n) is 4.35. The van der Waals surface area contributed by atoms with Gasteiger partial charge in [-0.3, -0.25) is 9.78 Å². The summed E-state index contributed by atoms with van der Waals surface area (Å²) < 4.78 is 26.1. The molecule has 1 heterocycles. The van der Waals surface area contributed by atoms with Crippen molar-refractivity contribution in [2.45, 2.75) is 13.3 Å². The lowest BCUT2D eigenvalue weighted by Gasteiger charge is -2.06. The first-order valence-corrected chi connectivity index (χ1v) is 6.30. The molecule has 1 N–H and O–H groups in total. The molecule has 0 aliphatic rings. The first-order chi connectivity index (χ1) is 9.61. The Balaban J connectivity index is 2.29. The maximum atomic E-state index is 13.2. The number of rotatable bonds is 4. The van der Waals surface area contributed by atoms with Gasteiger partial charge in [0.2, 0.25) is 0 Å². The Hall–Kier alpha value is -2.30. The summed E-state index contributed by atoms with van der Waals surface area (Å²) in [5.74, 6) is -2.06. The molecule has 0 saturated carbocycles. The molecule has 0 unspecified atom stereocenters. The molecular formula is C15H14F2N2O. The van der Waals surface area contributed by atoms with Crippen LogP contribution in [-0.4, -0.2) is 17.4 Å². The summed E-state index contributed by atoms with van der Waals surface area (Å²) in [6.07, 6.45) is 3.78. The van der Waals surface area contributed by atoms with Crippen LogP contribution in [0.2, 0.25) is 0 Å². The molecule has 3 nitrogen and oxygen atoms in total. The van der Waals surface area contributed by atoms with E-state index in [4.69, 9.17) is 0 Å². The number of nitrogens with one attached hydrogen (secondary N) is 1. The van der Waals surface area contributed by atoms with Crippen molar-refractivity contribution in [3.05, 3.63) is 53.9 Å². The molecule has 104 valence electrons. The van der Waals surface area contributed by atoms with Gasteiger partial charge >= 0.3 is 0 Å². The Labute approximate surface area is 115 Å². The zero-order valence-electron chi connectivity index (χ0n) is 11.0. The highest BCUT2D eigenvalue weighted by Gasteiger charge is 2.09. The smallest absolute Gasteiger partial charge is 0.252 e. The van der Waals surface area contributed by atoms with Crippen molar-refractivity contribution in [3.63, 3.8) is 0 Å². The van der Waals surface area contributed by atoms with Gasteiger partial charge < -0.3 is 5.32 Å². The molecule has 2 rings (SSSR count). The fraction of sp³-hybridized carbons (Fsp3) is 0.200. The van der Waals surface area contributed by atoms with Crippen LogP contribution >= 0.6 is 0 Å². The minimum Gasteiger partial charge on any atom is -0.352 e. The highest BCUT2D eigenvalue weighted by Crippen LogP contribution is 2.21. The number of hydrogen-bond acceptors (Lipinski definition) is 2. The Morgan fingerprint density at radius 1 is 1.15 bits per heavy atom. The molecular weight excluding hydrogens is 262 g/mol. The number of pyridine rings is 1. The number of amides is 1. The van der Waals surface area contributed by atoms with Crippen molar-refractivity contribution in [3.8, 4) is 11.1 Å². The summed E-state index contributed by atoms with van der Waals surface area (Å²) in [7, 11) is 0. The minimum atomic E-state index is -0.927. The summed E-state index contributed by atoms with van der Waals surface area (Å²) in [5.41, 5.74) is 1.43. The van der Waals surface area contributed by atoms with Gasteiger partial charge in [-0.2, -0.15) is 0 Å². The van der Waals surface area contributed by atoms with Gasteiger partial charge in [0.25, 0.3) is 5.91 Å². The summed E-state index contributed by atoms with van der Waals surface area (Å²) >= 11 is 0. The standard InChI is InChI=1S/C15H14F2N2O/c1-2-5-19-15(20)12-6-11(8-18-9-12)10-3-4-13(16)14(17)7-10/h3-4,6-9H,2,5H2,1H3,(H,19,20). The largest absolute Gasteiger partial charge is 0.352 e. The fourth-order valence-electron chi connectivity index (χ4n) is 1.74. The van der Waals surface area contributed by atoms with E-state index in [2.05, 4.69) is 10.3 Å². The van der Waals surface area contributed by atoms with Crippen LogP contribution in [0.4, 0.5) is 8.78 Å². The van der Waals surface area contributed by atoms with E-state index in [9.17, 15) is 13.6 Å². The fourth-order valence-corrected chi connectivity index (χ4v) is 1.74. The van der Waals surface area contributed by atoms with Gasteiger partial charge in [0, 0.05) is 24.5 Å². The molecule has 1 aromatic carbocycles. The second-order valence-corrected chi connectivity index (χ2v) is 4.35. The van der Waals surface area contributed by atoms with Crippen LogP contribution in [0.3, 0.4) is 0 Å². The van der Waals surface area contributed by atoms with Gasteiger partial charge in [-0.1, -0.05) is 13.0 Å². The van der Waals surface area contributed by atoms with Crippen molar-refractivity contribution >= 4 is 5.91 Å². The molecule has 0 saturated heterocycles. The zero-order valence-corrected chi connectivity index (χ0v) is 11.0. The number of halogens is 2. The van der Waals surface area contributed by atoms with Crippen LogP contribution in [0.5, 0.6) is 0 Å². The lowest BCUT2D eigenvalue weighted by molar-refractivity contribution is 0.0953. The SMILES string of the molecule is CCCNC(=O)c1cncc(-c2ccc(F)c(F)c2)c1. The van der Waals surface area contributed by atoms with Crippen molar-refractivity contribution in [1.29, 1.82) is 0 Å². The highest BCUT2D eigenvalue weighted by atomic mass is 19.2. The van der Waals surface area contributed by atoms with Gasteiger partial charge in [0.05, 0.1) is 5.56 Å². The molecule has 0 aliphatic carbocycles. The number of benzene rings is 1. The molecule has 0 aliphatic heterocycles. The van der Waals surface area contributed by atoms with Crippen LogP contribution in [0, 0.1) is 11.6 Å². The summed E-state index contributed by atoms with van der Waals surface area (Å²) in [5, 5.41) is 2.73. The normalized spacial score (nSPS) is 10.3. The number of hydrogen-bond donors (Lipinski definition) is 1. The van der Waals surface area contributed by atoms with E-state index in [0.29, 0.717) is 23.2 Å². The first-order valence-electron chi connectivity index (χ1n) is 6.30. The van der Waals surface area contributed by atoms with Crippen molar-refractivity contribution in [1.82, 2.24) is 10.3 Å². The van der Waals surface area contributed by atoms with E-state index in [1.165, 1.54) is 18.5 Å². The molecule has 1 aromatic heterocycles. The number of carbonyl (C=O) groups is 1. The average molecular weight is 276 g/mol. The third kappa shape index (κ3) is 3.17. The van der Waals surface area contributed by atoms with E-state index in [0.717, 1.165) is 18.6 Å². The molecule has 2 aromatic rings. The second kappa shape index (κ2) is 6.23. The molecule has 5 heteroatoms. The molecule has 0 radical (unpaired) electrons. The van der Waals surface area contributed by atoms with Crippen molar-refractivity contribution in [2.24, 2.45) is 0 Å². The summed E-state index contributed by atoms with van der Waals surface area (Å²) in [4.78, 5) is 15.8. The van der Waals surface area contributed by atoms with Crippen LogP contribution in [0.25, 0.3) is 11.1 Å². The highest BCUT2D eigenvalue weighted by molar-refractivity contribution is 5.95. The molecule has 0 atom stereocenters. The van der Waals surface area contributed by atoms with Crippen LogP contribution < -0.4 is 5.32 Å². The number of nitrogens with zero attached hydrogens (tertiary/aromatic N) is 1. The van der Waals surface area contributed by atoms with E-state index >= 15 is 0 Å². The topological polar surface area (TPSA) is 42.0 Å². The third-order valence-electron chi connectivity index (χ3n) is 2.79. The first kappa shape index (κ1) is 14.1. The van der Waals surface area contributed by atoms with Crippen LogP contribution in [-0.2, 0) is 0 Å². The van der Waals surface area contributed by atoms with Gasteiger partial charge in [0.15, 0.2) is 11.6 Å². The zero-order chi connectivity index (χ0) is 14.5. The van der Waals surface area contributed by atoms with Crippen molar-refractivity contribution in [2.75, 3.05) is 6.54 Å². The molecule has 20 heavy (non-hydrogen) atoms. The van der Waals surface area contributed by atoms with E-state index in [-0.39, 0.29) is 5.91 Å². The Bertz CT molecular complexity index is 629. The molecule has 0 fully saturated rings. The van der Waals surface area contributed by atoms with E-state index in [1.54, 1.807) is 6.07 Å². The van der Waals surface area contributed by atoms with Gasteiger partial charge in [-0.15, -0.1) is 0 Å². The lowest BCUT2D eigenvalue weighted by atomic mass is 10.1. The van der Waals surface area contributed by atoms with Gasteiger partial charge in [-0.05, 0) is 30.2 Å². The maximum Gasteiger partial charge on any atom is 0.252 e. The quantitative estimate of drug-likeness (QED) is 0.932. The third-order valence-corrected chi connectivity index (χ3v) is 2.79. The van der Waals surface area contributed by atoms with Crippen molar-refractivity contribution < 1.29 is 13.6 Å². The monoisotopic (exact) mass is 276 g/mol. The maximum absolute atomic E-state index is 13.2. The Morgan fingerprint density at radius 3 is 2.65 bits per heavy atom. The number of aromatic nitrogens is 1.